The fraction of sp³-hybridized carbons (Fsp3) is 0.471. The van der Waals surface area contributed by atoms with E-state index in [2.05, 4.69) is 20.9 Å². The normalized spacial score (nSPS) is 14.0. The molecule has 128 valence electrons. The summed E-state index contributed by atoms with van der Waals surface area (Å²) in [6.45, 7) is 3.78. The second kappa shape index (κ2) is 8.87. The molecule has 1 aromatic carbocycles. The molecule has 0 atom stereocenters. The van der Waals surface area contributed by atoms with Crippen molar-refractivity contribution in [1.82, 2.24) is 16.0 Å². The molecule has 1 fully saturated rings. The van der Waals surface area contributed by atoms with E-state index in [9.17, 15) is 9.18 Å². The summed E-state index contributed by atoms with van der Waals surface area (Å²) in [6, 6.07) is 6.20. The summed E-state index contributed by atoms with van der Waals surface area (Å²) in [5.74, 6) is 0.460. The molecule has 0 aromatic heterocycles. The topological polar surface area (TPSA) is 89.3 Å². The zero-order valence-corrected chi connectivity index (χ0v) is 13.7. The minimum absolute atomic E-state index is 0.106. The number of nitrogens with zero attached hydrogens (tertiary/aromatic N) is 2. The summed E-state index contributed by atoms with van der Waals surface area (Å²) in [5.41, 5.74) is 0.774. The minimum Gasteiger partial charge on any atom is -0.357 e. The number of guanidine groups is 1. The van der Waals surface area contributed by atoms with Gasteiger partial charge in [0.1, 0.15) is 5.82 Å². The quantitative estimate of drug-likeness (QED) is 0.399. The Morgan fingerprint density at radius 2 is 2.08 bits per heavy atom. The van der Waals surface area contributed by atoms with E-state index in [1.165, 1.54) is 18.2 Å². The summed E-state index contributed by atoms with van der Waals surface area (Å²) in [6.07, 6.45) is 1.97. The molecule has 1 amide bonds. The zero-order valence-electron chi connectivity index (χ0n) is 13.7. The van der Waals surface area contributed by atoms with Crippen LogP contribution < -0.4 is 16.0 Å². The summed E-state index contributed by atoms with van der Waals surface area (Å²) >= 11 is 0. The van der Waals surface area contributed by atoms with Crippen LogP contribution in [0.15, 0.2) is 23.2 Å². The number of aliphatic imine (C=N–C) groups is 1. The number of rotatable bonds is 7. The molecule has 2 rings (SSSR count). The Kier molecular flexibility index (Phi) is 6.55. The summed E-state index contributed by atoms with van der Waals surface area (Å²) in [5, 5.41) is 17.9. The Bertz CT molecular complexity index is 649. The van der Waals surface area contributed by atoms with Gasteiger partial charge in [0.25, 0.3) is 0 Å². The van der Waals surface area contributed by atoms with Gasteiger partial charge in [-0.3, -0.25) is 4.79 Å². The minimum atomic E-state index is -0.384. The van der Waals surface area contributed by atoms with Crippen LogP contribution in [0, 0.1) is 23.1 Å². The van der Waals surface area contributed by atoms with Crippen LogP contribution in [-0.4, -0.2) is 31.5 Å². The van der Waals surface area contributed by atoms with Gasteiger partial charge < -0.3 is 16.0 Å². The molecule has 1 saturated carbocycles. The van der Waals surface area contributed by atoms with Crippen molar-refractivity contribution in [2.24, 2.45) is 10.9 Å². The van der Waals surface area contributed by atoms with Gasteiger partial charge in [-0.25, -0.2) is 9.38 Å². The number of amides is 1. The van der Waals surface area contributed by atoms with E-state index in [1.54, 1.807) is 0 Å². The first kappa shape index (κ1) is 17.7. The van der Waals surface area contributed by atoms with E-state index in [0.29, 0.717) is 36.7 Å². The lowest BCUT2D eigenvalue weighted by Crippen LogP contribution is -2.41. The van der Waals surface area contributed by atoms with E-state index < -0.39 is 0 Å². The Morgan fingerprint density at radius 1 is 1.33 bits per heavy atom. The number of hydrogen-bond donors (Lipinski definition) is 3. The van der Waals surface area contributed by atoms with E-state index in [1.807, 2.05) is 13.0 Å². The monoisotopic (exact) mass is 331 g/mol. The average molecular weight is 331 g/mol. The molecule has 0 radical (unpaired) electrons. The van der Waals surface area contributed by atoms with Crippen molar-refractivity contribution in [2.75, 3.05) is 19.6 Å². The molecule has 1 aliphatic carbocycles. The SMILES string of the molecule is CCNC(=NCc1cc(C#N)ccc1F)NCCNC(=O)C1CC1. The number of carbonyl (C=O) groups excluding carboxylic acids is 1. The third-order valence-electron chi connectivity index (χ3n) is 3.59. The van der Waals surface area contributed by atoms with Gasteiger partial charge in [-0.15, -0.1) is 0 Å². The number of halogens is 1. The maximum absolute atomic E-state index is 13.8. The maximum Gasteiger partial charge on any atom is 0.223 e. The number of nitriles is 1. The number of nitrogens with one attached hydrogen (secondary N) is 3. The van der Waals surface area contributed by atoms with Crippen LogP contribution in [0.1, 0.15) is 30.9 Å². The first-order valence-corrected chi connectivity index (χ1v) is 8.12. The van der Waals surface area contributed by atoms with E-state index >= 15 is 0 Å². The molecule has 0 heterocycles. The number of benzene rings is 1. The summed E-state index contributed by atoms with van der Waals surface area (Å²) in [7, 11) is 0. The standard InChI is InChI=1S/C17H22FN5O/c1-2-20-17(22-8-7-21-16(24)13-4-5-13)23-11-14-9-12(10-19)3-6-15(14)18/h3,6,9,13H,2,4-5,7-8,11H2,1H3,(H,21,24)(H2,20,22,23). The molecule has 0 aliphatic heterocycles. The molecule has 24 heavy (non-hydrogen) atoms. The van der Waals surface area contributed by atoms with Crippen LogP contribution in [0.25, 0.3) is 0 Å². The van der Waals surface area contributed by atoms with Gasteiger partial charge in [0.2, 0.25) is 5.91 Å². The van der Waals surface area contributed by atoms with Crippen molar-refractivity contribution in [3.8, 4) is 6.07 Å². The van der Waals surface area contributed by atoms with Gasteiger partial charge in [0.15, 0.2) is 5.96 Å². The third kappa shape index (κ3) is 5.54. The van der Waals surface area contributed by atoms with Crippen LogP contribution in [0.3, 0.4) is 0 Å². The predicted octanol–water partition coefficient (Wildman–Crippen LogP) is 1.28. The van der Waals surface area contributed by atoms with Crippen LogP contribution in [0.2, 0.25) is 0 Å². The lowest BCUT2D eigenvalue weighted by molar-refractivity contribution is -0.122. The molecule has 6 nitrogen and oxygen atoms in total. The van der Waals surface area contributed by atoms with Crippen LogP contribution in [0.5, 0.6) is 0 Å². The van der Waals surface area contributed by atoms with Crippen molar-refractivity contribution in [2.45, 2.75) is 26.3 Å². The van der Waals surface area contributed by atoms with E-state index in [-0.39, 0.29) is 24.2 Å². The Morgan fingerprint density at radius 3 is 2.75 bits per heavy atom. The zero-order chi connectivity index (χ0) is 17.4. The molecule has 0 unspecified atom stereocenters. The second-order valence-corrected chi connectivity index (χ2v) is 5.61. The predicted molar refractivity (Wildman–Crippen MR) is 89.7 cm³/mol. The molecule has 1 aliphatic rings. The van der Waals surface area contributed by atoms with Crippen LogP contribution >= 0.6 is 0 Å². The van der Waals surface area contributed by atoms with Crippen molar-refractivity contribution in [3.05, 3.63) is 35.1 Å². The molecule has 7 heteroatoms. The van der Waals surface area contributed by atoms with E-state index in [0.717, 1.165) is 12.8 Å². The van der Waals surface area contributed by atoms with Gasteiger partial charge >= 0.3 is 0 Å². The lowest BCUT2D eigenvalue weighted by atomic mass is 10.1. The summed E-state index contributed by atoms with van der Waals surface area (Å²) in [4.78, 5) is 15.8. The molecule has 0 bridgehead atoms. The van der Waals surface area contributed by atoms with Gasteiger partial charge in [0.05, 0.1) is 18.2 Å². The molecular weight excluding hydrogens is 309 g/mol. The average Bonchev–Trinajstić information content (AvgIpc) is 3.42. The van der Waals surface area contributed by atoms with Crippen molar-refractivity contribution < 1.29 is 9.18 Å². The molecule has 3 N–H and O–H groups in total. The van der Waals surface area contributed by atoms with E-state index in [4.69, 9.17) is 5.26 Å². The first-order valence-electron chi connectivity index (χ1n) is 8.12. The Balaban J connectivity index is 1.85. The number of hydrogen-bond acceptors (Lipinski definition) is 3. The Labute approximate surface area is 141 Å². The highest BCUT2D eigenvalue weighted by atomic mass is 19.1. The summed E-state index contributed by atoms with van der Waals surface area (Å²) < 4.78 is 13.8. The van der Waals surface area contributed by atoms with Gasteiger partial charge in [-0.05, 0) is 38.0 Å². The Hall–Kier alpha value is -2.62. The first-order chi connectivity index (χ1) is 11.6. The third-order valence-corrected chi connectivity index (χ3v) is 3.59. The molecule has 0 spiro atoms. The molecule has 1 aromatic rings. The van der Waals surface area contributed by atoms with Gasteiger partial charge in [-0.2, -0.15) is 5.26 Å². The van der Waals surface area contributed by atoms with Gasteiger partial charge in [0, 0.05) is 31.1 Å². The van der Waals surface area contributed by atoms with Crippen molar-refractivity contribution in [1.29, 1.82) is 5.26 Å². The highest BCUT2D eigenvalue weighted by molar-refractivity contribution is 5.81. The van der Waals surface area contributed by atoms with Crippen molar-refractivity contribution in [3.63, 3.8) is 0 Å². The highest BCUT2D eigenvalue weighted by Gasteiger charge is 2.28. The van der Waals surface area contributed by atoms with Gasteiger partial charge in [-0.1, -0.05) is 0 Å². The second-order valence-electron chi connectivity index (χ2n) is 5.61. The van der Waals surface area contributed by atoms with Crippen molar-refractivity contribution >= 4 is 11.9 Å². The fourth-order valence-electron chi connectivity index (χ4n) is 2.13. The maximum atomic E-state index is 13.8. The van der Waals surface area contributed by atoms with Crippen LogP contribution in [0.4, 0.5) is 4.39 Å². The molecule has 0 saturated heterocycles. The largest absolute Gasteiger partial charge is 0.357 e. The fourth-order valence-corrected chi connectivity index (χ4v) is 2.13. The van der Waals surface area contributed by atoms with Crippen LogP contribution in [-0.2, 0) is 11.3 Å². The molecular formula is C17H22FN5O. The number of carbonyl (C=O) groups is 1. The highest BCUT2D eigenvalue weighted by Crippen LogP contribution is 2.28. The lowest BCUT2D eigenvalue weighted by Gasteiger charge is -2.12. The smallest absolute Gasteiger partial charge is 0.223 e.